The van der Waals surface area contributed by atoms with Crippen LogP contribution >= 0.6 is 0 Å². The fraction of sp³-hybridized carbons (Fsp3) is 0.263. The predicted molar refractivity (Wildman–Crippen MR) is 98.6 cm³/mol. The third-order valence-corrected chi connectivity index (χ3v) is 3.98. The van der Waals surface area contributed by atoms with Gasteiger partial charge >= 0.3 is 5.97 Å². The number of H-pyrrole nitrogens is 1. The van der Waals surface area contributed by atoms with Crippen molar-refractivity contribution in [1.82, 2.24) is 10.3 Å². The average Bonchev–Trinajstić information content (AvgIpc) is 2.95. The summed E-state index contributed by atoms with van der Waals surface area (Å²) in [5.74, 6) is -4.63. The normalized spacial score (nSPS) is 10.4. The van der Waals surface area contributed by atoms with E-state index in [-0.39, 0.29) is 17.2 Å². The van der Waals surface area contributed by atoms with Crippen LogP contribution in [0, 0.1) is 25.5 Å². The summed E-state index contributed by atoms with van der Waals surface area (Å²) in [5, 5.41) is 4.50. The monoisotopic (exact) mass is 407 g/mol. The number of ketones is 1. The highest BCUT2D eigenvalue weighted by Gasteiger charge is 2.21. The van der Waals surface area contributed by atoms with Gasteiger partial charge in [0.1, 0.15) is 5.69 Å². The Morgan fingerprint density at radius 1 is 1.07 bits per heavy atom. The molecule has 10 heteroatoms. The third kappa shape index (κ3) is 5.47. The maximum absolute atomic E-state index is 13.1. The molecular weight excluding hydrogens is 388 g/mol. The molecule has 0 unspecified atom stereocenters. The highest BCUT2D eigenvalue weighted by Crippen LogP contribution is 2.19. The molecule has 1 aromatic carbocycles. The Bertz CT molecular complexity index is 984. The zero-order chi connectivity index (χ0) is 21.7. The number of anilines is 1. The zero-order valence-electron chi connectivity index (χ0n) is 15.9. The molecule has 1 aromatic heterocycles. The lowest BCUT2D eigenvalue weighted by atomic mass is 10.1. The standard InChI is InChI=1S/C19H19F2N3O5/c1-9-17(11(3)25)10(2)23-18(9)19(28)29-8-16(27)22-7-15(26)24-12-4-5-13(20)14(21)6-12/h4-6,23H,7-8H2,1-3H3,(H,22,27)(H,24,26). The van der Waals surface area contributed by atoms with Gasteiger partial charge in [0.05, 0.1) is 6.54 Å². The number of hydrogen-bond acceptors (Lipinski definition) is 5. The minimum absolute atomic E-state index is 0.0217. The molecule has 2 aromatic rings. The van der Waals surface area contributed by atoms with Crippen molar-refractivity contribution in [3.63, 3.8) is 0 Å². The van der Waals surface area contributed by atoms with Gasteiger partial charge in [0.2, 0.25) is 5.91 Å². The molecule has 2 rings (SSSR count). The number of carbonyl (C=O) groups is 4. The van der Waals surface area contributed by atoms with E-state index in [2.05, 4.69) is 15.6 Å². The van der Waals surface area contributed by atoms with Crippen LogP contribution in [-0.4, -0.2) is 41.7 Å². The van der Waals surface area contributed by atoms with Crippen LogP contribution < -0.4 is 10.6 Å². The van der Waals surface area contributed by atoms with Gasteiger partial charge < -0.3 is 20.4 Å². The lowest BCUT2D eigenvalue weighted by Gasteiger charge is -2.08. The third-order valence-electron chi connectivity index (χ3n) is 3.98. The first kappa shape index (κ1) is 21.7. The van der Waals surface area contributed by atoms with E-state index in [9.17, 15) is 28.0 Å². The Morgan fingerprint density at radius 3 is 2.34 bits per heavy atom. The van der Waals surface area contributed by atoms with Crippen molar-refractivity contribution in [2.75, 3.05) is 18.5 Å². The number of amides is 2. The lowest BCUT2D eigenvalue weighted by Crippen LogP contribution is -2.35. The van der Waals surface area contributed by atoms with E-state index < -0.39 is 42.6 Å². The number of aryl methyl sites for hydroxylation is 1. The Hall–Kier alpha value is -3.56. The van der Waals surface area contributed by atoms with Gasteiger partial charge in [-0.2, -0.15) is 0 Å². The minimum atomic E-state index is -1.12. The van der Waals surface area contributed by atoms with Crippen molar-refractivity contribution in [3.8, 4) is 0 Å². The molecule has 0 radical (unpaired) electrons. The van der Waals surface area contributed by atoms with Gasteiger partial charge in [-0.15, -0.1) is 0 Å². The summed E-state index contributed by atoms with van der Waals surface area (Å²) < 4.78 is 30.8. The Balaban J connectivity index is 1.83. The van der Waals surface area contributed by atoms with Gasteiger partial charge in [-0.05, 0) is 38.5 Å². The first-order valence-electron chi connectivity index (χ1n) is 8.49. The molecule has 8 nitrogen and oxygen atoms in total. The van der Waals surface area contributed by atoms with E-state index in [0.717, 1.165) is 18.2 Å². The fourth-order valence-corrected chi connectivity index (χ4v) is 2.69. The smallest absolute Gasteiger partial charge is 0.355 e. The topological polar surface area (TPSA) is 117 Å². The summed E-state index contributed by atoms with van der Waals surface area (Å²) in [7, 11) is 0. The van der Waals surface area contributed by atoms with Crippen molar-refractivity contribution < 1.29 is 32.7 Å². The van der Waals surface area contributed by atoms with Crippen molar-refractivity contribution in [2.45, 2.75) is 20.8 Å². The molecule has 29 heavy (non-hydrogen) atoms. The van der Waals surface area contributed by atoms with Gasteiger partial charge in [-0.3, -0.25) is 14.4 Å². The summed E-state index contributed by atoms with van der Waals surface area (Å²) in [6.07, 6.45) is 0. The second-order valence-corrected chi connectivity index (χ2v) is 6.21. The van der Waals surface area contributed by atoms with E-state index in [1.165, 1.54) is 6.92 Å². The van der Waals surface area contributed by atoms with Crippen LogP contribution in [0.5, 0.6) is 0 Å². The Labute approximate surface area is 164 Å². The van der Waals surface area contributed by atoms with Crippen LogP contribution in [0.15, 0.2) is 18.2 Å². The molecule has 0 aliphatic carbocycles. The molecule has 0 atom stereocenters. The number of benzene rings is 1. The molecule has 0 saturated heterocycles. The highest BCUT2D eigenvalue weighted by molar-refractivity contribution is 6.01. The Morgan fingerprint density at radius 2 is 1.76 bits per heavy atom. The highest BCUT2D eigenvalue weighted by atomic mass is 19.2. The predicted octanol–water partition coefficient (Wildman–Crippen LogP) is 2.02. The van der Waals surface area contributed by atoms with Crippen LogP contribution in [0.4, 0.5) is 14.5 Å². The van der Waals surface area contributed by atoms with Crippen LogP contribution in [0.25, 0.3) is 0 Å². The molecule has 1 heterocycles. The molecule has 0 fully saturated rings. The fourth-order valence-electron chi connectivity index (χ4n) is 2.69. The first-order valence-corrected chi connectivity index (χ1v) is 8.49. The summed E-state index contributed by atoms with van der Waals surface area (Å²) in [6, 6.07) is 2.81. The molecule has 2 amide bonds. The number of rotatable bonds is 7. The van der Waals surface area contributed by atoms with Crippen molar-refractivity contribution >= 4 is 29.3 Å². The van der Waals surface area contributed by atoms with Gasteiger partial charge in [0.25, 0.3) is 5.91 Å². The number of Topliss-reactive ketones (excluding diaryl/α,β-unsaturated/α-hetero) is 1. The van der Waals surface area contributed by atoms with Crippen molar-refractivity contribution in [1.29, 1.82) is 0 Å². The van der Waals surface area contributed by atoms with Gasteiger partial charge in [-0.1, -0.05) is 0 Å². The summed E-state index contributed by atoms with van der Waals surface area (Å²) in [5.41, 5.74) is 1.41. The molecular formula is C19H19F2N3O5. The maximum Gasteiger partial charge on any atom is 0.355 e. The number of nitrogens with one attached hydrogen (secondary N) is 3. The Kier molecular flexibility index (Phi) is 6.81. The second-order valence-electron chi connectivity index (χ2n) is 6.21. The van der Waals surface area contributed by atoms with E-state index in [0.29, 0.717) is 16.8 Å². The maximum atomic E-state index is 13.1. The van der Waals surface area contributed by atoms with E-state index in [1.54, 1.807) is 13.8 Å². The summed E-state index contributed by atoms with van der Waals surface area (Å²) in [4.78, 5) is 49.9. The molecule has 0 aliphatic heterocycles. The van der Waals surface area contributed by atoms with Crippen LogP contribution in [0.2, 0.25) is 0 Å². The van der Waals surface area contributed by atoms with Gasteiger partial charge in [-0.25, -0.2) is 13.6 Å². The van der Waals surface area contributed by atoms with Crippen LogP contribution in [-0.2, 0) is 14.3 Å². The van der Waals surface area contributed by atoms with Crippen LogP contribution in [0.3, 0.4) is 0 Å². The first-order chi connectivity index (χ1) is 13.6. The molecule has 154 valence electrons. The number of carbonyl (C=O) groups excluding carboxylic acids is 4. The quantitative estimate of drug-likeness (QED) is 0.480. The van der Waals surface area contributed by atoms with Crippen molar-refractivity contribution in [3.05, 3.63) is 52.3 Å². The second kappa shape index (κ2) is 9.09. The molecule has 0 saturated carbocycles. The van der Waals surface area contributed by atoms with Crippen LogP contribution in [0.1, 0.15) is 39.0 Å². The molecule has 0 bridgehead atoms. The zero-order valence-corrected chi connectivity index (χ0v) is 15.9. The lowest BCUT2D eigenvalue weighted by molar-refractivity contribution is -0.126. The van der Waals surface area contributed by atoms with E-state index >= 15 is 0 Å². The van der Waals surface area contributed by atoms with E-state index in [4.69, 9.17) is 4.74 Å². The molecule has 0 spiro atoms. The number of aromatic amines is 1. The van der Waals surface area contributed by atoms with Gasteiger partial charge in [0, 0.05) is 23.0 Å². The number of aromatic nitrogens is 1. The number of hydrogen-bond donors (Lipinski definition) is 3. The number of halogens is 2. The summed E-state index contributed by atoms with van der Waals surface area (Å²) in [6.45, 7) is 3.48. The SMILES string of the molecule is CC(=O)c1c(C)[nH]c(C(=O)OCC(=O)NCC(=O)Nc2ccc(F)c(F)c2)c1C. The van der Waals surface area contributed by atoms with E-state index in [1.807, 2.05) is 0 Å². The molecule has 3 N–H and O–H groups in total. The number of ether oxygens (including phenoxy) is 1. The van der Waals surface area contributed by atoms with Crippen molar-refractivity contribution in [2.24, 2.45) is 0 Å². The minimum Gasteiger partial charge on any atom is -0.451 e. The average molecular weight is 407 g/mol. The summed E-state index contributed by atoms with van der Waals surface area (Å²) >= 11 is 0. The van der Waals surface area contributed by atoms with Gasteiger partial charge in [0.15, 0.2) is 24.0 Å². The molecule has 0 aliphatic rings. The largest absolute Gasteiger partial charge is 0.451 e. The number of esters is 1.